The lowest BCUT2D eigenvalue weighted by Crippen LogP contribution is -2.51. The molecular weight excluding hydrogens is 392 g/mol. The summed E-state index contributed by atoms with van der Waals surface area (Å²) in [6.45, 7) is 0.507. The molecule has 0 bridgehead atoms. The van der Waals surface area contributed by atoms with E-state index in [1.165, 1.54) is 57.0 Å². The van der Waals surface area contributed by atoms with Gasteiger partial charge in [0.2, 0.25) is 0 Å². The van der Waals surface area contributed by atoms with E-state index in [1.54, 1.807) is 0 Å². The average Bonchev–Trinajstić information content (AvgIpc) is 3.03. The number of rotatable bonds is 5. The van der Waals surface area contributed by atoms with E-state index in [0.717, 1.165) is 25.7 Å². The van der Waals surface area contributed by atoms with Crippen LogP contribution in [0.15, 0.2) is 0 Å². The van der Waals surface area contributed by atoms with Crippen molar-refractivity contribution in [3.63, 3.8) is 0 Å². The summed E-state index contributed by atoms with van der Waals surface area (Å²) in [5, 5.41) is 2.95. The molecule has 1 heterocycles. The number of nitrogens with zero attached hydrogens (tertiary/aromatic N) is 1. The molecule has 0 radical (unpaired) electrons. The zero-order chi connectivity index (χ0) is 21.1. The van der Waals surface area contributed by atoms with Crippen molar-refractivity contribution >= 4 is 21.7 Å². The summed E-state index contributed by atoms with van der Waals surface area (Å²) in [5.74, 6) is -1.24. The number of hydrogen-bond donors (Lipinski definition) is 1. The molecule has 29 heavy (non-hydrogen) atoms. The van der Waals surface area contributed by atoms with Crippen LogP contribution in [-0.4, -0.2) is 69.0 Å². The largest absolute Gasteiger partial charge is 0.383 e. The van der Waals surface area contributed by atoms with E-state index in [1.807, 2.05) is 0 Å². The maximum atomic E-state index is 12.9. The Kier molecular flexibility index (Phi) is 10.4. The molecule has 1 aliphatic heterocycles. The monoisotopic (exact) mass is 430 g/mol. The molecule has 1 saturated carbocycles. The minimum absolute atomic E-state index is 0.0162. The molecule has 168 valence electrons. The third kappa shape index (κ3) is 8.62. The summed E-state index contributed by atoms with van der Waals surface area (Å²) in [6.07, 6.45) is 13.0. The SMILES string of the molecule is COCCN(C(=O)C(=O)NC1CCCCCCCCCCC1)C1CCS(=O)(=O)C1. The first-order valence-corrected chi connectivity index (χ1v) is 13.1. The predicted molar refractivity (Wildman–Crippen MR) is 113 cm³/mol. The highest BCUT2D eigenvalue weighted by Gasteiger charge is 2.36. The van der Waals surface area contributed by atoms with Crippen molar-refractivity contribution in [2.75, 3.05) is 31.8 Å². The quantitative estimate of drug-likeness (QED) is 0.676. The lowest BCUT2D eigenvalue weighted by molar-refractivity contribution is -0.148. The summed E-state index contributed by atoms with van der Waals surface area (Å²) in [5.41, 5.74) is 0. The molecule has 0 aromatic heterocycles. The third-order valence-corrected chi connectivity index (χ3v) is 7.83. The fraction of sp³-hybridized carbons (Fsp3) is 0.905. The van der Waals surface area contributed by atoms with Gasteiger partial charge in [-0.25, -0.2) is 8.42 Å². The second kappa shape index (κ2) is 12.5. The number of nitrogens with one attached hydrogen (secondary N) is 1. The highest BCUT2D eigenvalue weighted by Crippen LogP contribution is 2.19. The van der Waals surface area contributed by atoms with Gasteiger partial charge in [0.25, 0.3) is 0 Å². The molecule has 2 aliphatic rings. The topological polar surface area (TPSA) is 92.8 Å². The Labute approximate surface area is 175 Å². The summed E-state index contributed by atoms with van der Waals surface area (Å²) in [6, 6.07) is -0.424. The van der Waals surface area contributed by atoms with Gasteiger partial charge in [0.05, 0.1) is 18.1 Å². The first-order valence-electron chi connectivity index (χ1n) is 11.2. The van der Waals surface area contributed by atoms with E-state index in [4.69, 9.17) is 4.74 Å². The lowest BCUT2D eigenvalue weighted by Gasteiger charge is -2.28. The van der Waals surface area contributed by atoms with Crippen LogP contribution in [0, 0.1) is 0 Å². The second-order valence-corrected chi connectivity index (χ2v) is 10.7. The van der Waals surface area contributed by atoms with Crippen LogP contribution in [0.1, 0.15) is 77.0 Å². The van der Waals surface area contributed by atoms with Gasteiger partial charge in [0, 0.05) is 25.7 Å². The van der Waals surface area contributed by atoms with Crippen LogP contribution in [0.3, 0.4) is 0 Å². The standard InChI is InChI=1S/C21H38N2O5S/c1-28-15-14-23(19-13-16-29(26,27)17-19)21(25)20(24)22-18-11-9-7-5-3-2-4-6-8-10-12-18/h18-19H,2-17H2,1H3,(H,22,24). The molecule has 8 heteroatoms. The van der Waals surface area contributed by atoms with Crippen molar-refractivity contribution in [2.24, 2.45) is 0 Å². The van der Waals surface area contributed by atoms with Gasteiger partial charge in [-0.3, -0.25) is 9.59 Å². The van der Waals surface area contributed by atoms with Crippen LogP contribution >= 0.6 is 0 Å². The second-order valence-electron chi connectivity index (χ2n) is 8.48. The Hall–Kier alpha value is -1.15. The molecule has 0 aromatic carbocycles. The minimum Gasteiger partial charge on any atom is -0.383 e. The smallest absolute Gasteiger partial charge is 0.312 e. The summed E-state index contributed by atoms with van der Waals surface area (Å²) < 4.78 is 28.8. The Balaban J connectivity index is 1.95. The van der Waals surface area contributed by atoms with Crippen LogP contribution in [0.2, 0.25) is 0 Å². The van der Waals surface area contributed by atoms with Gasteiger partial charge in [-0.1, -0.05) is 57.8 Å². The van der Waals surface area contributed by atoms with Gasteiger partial charge in [0.15, 0.2) is 9.84 Å². The van der Waals surface area contributed by atoms with Crippen LogP contribution < -0.4 is 5.32 Å². The first kappa shape index (κ1) is 24.1. The fourth-order valence-corrected chi connectivity index (χ4v) is 6.08. The Morgan fingerprint density at radius 2 is 1.48 bits per heavy atom. The zero-order valence-electron chi connectivity index (χ0n) is 17.9. The molecule has 2 amide bonds. The van der Waals surface area contributed by atoms with Crippen LogP contribution in [0.5, 0.6) is 0 Å². The normalized spacial score (nSPS) is 24.2. The summed E-state index contributed by atoms with van der Waals surface area (Å²) in [7, 11) is -1.61. The number of carbonyl (C=O) groups is 2. The number of hydrogen-bond acceptors (Lipinski definition) is 5. The molecule has 1 N–H and O–H groups in total. The van der Waals surface area contributed by atoms with E-state index >= 15 is 0 Å². The number of sulfone groups is 1. The van der Waals surface area contributed by atoms with Gasteiger partial charge in [-0.2, -0.15) is 0 Å². The van der Waals surface area contributed by atoms with Crippen LogP contribution in [0.25, 0.3) is 0 Å². The minimum atomic E-state index is -3.14. The van der Waals surface area contributed by atoms with Gasteiger partial charge in [0.1, 0.15) is 0 Å². The van der Waals surface area contributed by atoms with Crippen LogP contribution in [-0.2, 0) is 24.2 Å². The molecule has 2 fully saturated rings. The Morgan fingerprint density at radius 3 is 1.97 bits per heavy atom. The number of ether oxygens (including phenoxy) is 1. The molecule has 7 nitrogen and oxygen atoms in total. The van der Waals surface area contributed by atoms with E-state index in [-0.39, 0.29) is 30.7 Å². The molecule has 1 unspecified atom stereocenters. The number of carbonyl (C=O) groups excluding carboxylic acids is 2. The summed E-state index contributed by atoms with van der Waals surface area (Å²) in [4.78, 5) is 27.0. The van der Waals surface area contributed by atoms with Crippen molar-refractivity contribution in [2.45, 2.75) is 89.1 Å². The average molecular weight is 431 g/mol. The molecule has 1 saturated heterocycles. The van der Waals surface area contributed by atoms with Gasteiger partial charge < -0.3 is 15.0 Å². The van der Waals surface area contributed by atoms with E-state index in [9.17, 15) is 18.0 Å². The van der Waals surface area contributed by atoms with Gasteiger partial charge in [-0.05, 0) is 19.3 Å². The van der Waals surface area contributed by atoms with E-state index < -0.39 is 27.7 Å². The highest BCUT2D eigenvalue weighted by atomic mass is 32.2. The highest BCUT2D eigenvalue weighted by molar-refractivity contribution is 7.91. The molecule has 2 rings (SSSR count). The maximum absolute atomic E-state index is 12.9. The number of amides is 2. The molecular formula is C21H38N2O5S. The van der Waals surface area contributed by atoms with Crippen molar-refractivity contribution in [3.05, 3.63) is 0 Å². The molecule has 1 aliphatic carbocycles. The van der Waals surface area contributed by atoms with Crippen molar-refractivity contribution < 1.29 is 22.7 Å². The first-order chi connectivity index (χ1) is 13.9. The van der Waals surface area contributed by atoms with Gasteiger partial charge in [-0.15, -0.1) is 0 Å². The predicted octanol–water partition coefficient (Wildman–Crippen LogP) is 2.44. The third-order valence-electron chi connectivity index (χ3n) is 6.08. The van der Waals surface area contributed by atoms with Gasteiger partial charge >= 0.3 is 11.8 Å². The van der Waals surface area contributed by atoms with Crippen molar-refractivity contribution in [1.29, 1.82) is 0 Å². The van der Waals surface area contributed by atoms with Crippen molar-refractivity contribution in [3.8, 4) is 0 Å². The number of methoxy groups -OCH3 is 1. The Bertz CT molecular complexity index is 611. The fourth-order valence-electron chi connectivity index (χ4n) is 4.35. The van der Waals surface area contributed by atoms with E-state index in [0.29, 0.717) is 6.42 Å². The molecule has 1 atom stereocenters. The molecule has 0 aromatic rings. The lowest BCUT2D eigenvalue weighted by atomic mass is 9.98. The maximum Gasteiger partial charge on any atom is 0.312 e. The zero-order valence-corrected chi connectivity index (χ0v) is 18.7. The Morgan fingerprint density at radius 1 is 0.931 bits per heavy atom. The van der Waals surface area contributed by atoms with Crippen molar-refractivity contribution in [1.82, 2.24) is 10.2 Å². The van der Waals surface area contributed by atoms with Crippen LogP contribution in [0.4, 0.5) is 0 Å². The molecule has 0 spiro atoms. The van der Waals surface area contributed by atoms with E-state index in [2.05, 4.69) is 5.32 Å². The summed E-state index contributed by atoms with van der Waals surface area (Å²) >= 11 is 0.